The molecule has 2 aliphatic heterocycles. The van der Waals surface area contributed by atoms with Gasteiger partial charge in [0.25, 0.3) is 10.1 Å². The number of esters is 2. The molecule has 0 spiro atoms. The number of hydrogen-bond acceptors (Lipinski definition) is 12. The third-order valence-corrected chi connectivity index (χ3v) is 9.14. The lowest BCUT2D eigenvalue weighted by atomic mass is 9.91. The van der Waals surface area contributed by atoms with Gasteiger partial charge >= 0.3 is 11.9 Å². The van der Waals surface area contributed by atoms with Crippen molar-refractivity contribution in [2.75, 3.05) is 6.26 Å². The molecule has 0 bridgehead atoms. The molecule has 1 aliphatic carbocycles. The van der Waals surface area contributed by atoms with Crippen molar-refractivity contribution in [2.24, 2.45) is 0 Å². The van der Waals surface area contributed by atoms with Gasteiger partial charge in [0.2, 0.25) is 9.05 Å². The molecule has 0 fully saturated rings. The summed E-state index contributed by atoms with van der Waals surface area (Å²) in [6.45, 7) is 5.95. The largest absolute Gasteiger partial charge is 0.508 e. The van der Waals surface area contributed by atoms with Gasteiger partial charge in [-0.05, 0) is 72.4 Å². The van der Waals surface area contributed by atoms with Crippen LogP contribution in [0.4, 0.5) is 0 Å². The smallest absolute Gasteiger partial charge is 0.346 e. The lowest BCUT2D eigenvalue weighted by molar-refractivity contribution is 0.0443. The fraction of sp³-hybridized carbons (Fsp3) is 0.175. The van der Waals surface area contributed by atoms with Crippen LogP contribution in [0, 0.1) is 0 Å². The van der Waals surface area contributed by atoms with Crippen LogP contribution >= 0.6 is 10.7 Å². The Kier molecular flexibility index (Phi) is 13.7. The van der Waals surface area contributed by atoms with E-state index in [9.17, 15) is 36.3 Å². The summed E-state index contributed by atoms with van der Waals surface area (Å²) in [7, 11) is -3.08. The number of fused-ring (bicyclic) bond motifs is 3. The number of ether oxygens (including phenoxy) is 1. The summed E-state index contributed by atoms with van der Waals surface area (Å²) in [6, 6.07) is 24.9. The Hall–Kier alpha value is -5.74. The summed E-state index contributed by atoms with van der Waals surface area (Å²) >= 11 is 0. The monoisotopic (exact) mass is 824 g/mol. The number of halogens is 1. The van der Waals surface area contributed by atoms with Crippen molar-refractivity contribution in [1.29, 1.82) is 0 Å². The molecule has 3 aliphatic rings. The minimum atomic E-state index is -4.38. The molecule has 4 aromatic rings. The molecule has 7 rings (SSSR count). The molecule has 0 aromatic heterocycles. The van der Waals surface area contributed by atoms with E-state index < -0.39 is 36.0 Å². The standard InChI is InChI=1S/C23H20O3.C8H4O6S.C8H10O2.CH3ClO2S/c1-3-14-10-17-21(12-19(14)24)26-22-13-20(25)15(4-2)11-18(22)23(17)16-8-6-5-7-9-16;9-7-5-2-1-4(15(11,12)13)3-6(5)8(10)14-7;1-2-6-3-4-7(9)5-8(6)10;1-5(2,3)4/h5-13,24H,3-4H2,1-2H3;1-3H,(H,11,12,13);3-5,9-10H,2H2,1H3;1H3. The molecule has 0 saturated heterocycles. The topological polar surface area (TPSA) is 223 Å². The Morgan fingerprint density at radius 3 is 1.80 bits per heavy atom. The third-order valence-electron chi connectivity index (χ3n) is 8.29. The summed E-state index contributed by atoms with van der Waals surface area (Å²) < 4.78 is 59.2. The first-order valence-electron chi connectivity index (χ1n) is 16.8. The first-order valence-corrected chi connectivity index (χ1v) is 21.0. The van der Waals surface area contributed by atoms with Crippen molar-refractivity contribution in [3.05, 3.63) is 129 Å². The highest BCUT2D eigenvalue weighted by atomic mass is 35.7. The van der Waals surface area contributed by atoms with E-state index in [0.29, 0.717) is 17.8 Å². The van der Waals surface area contributed by atoms with Gasteiger partial charge < -0.3 is 24.5 Å². The Labute approximate surface area is 326 Å². The number of cyclic esters (lactones) is 2. The highest BCUT2D eigenvalue weighted by Crippen LogP contribution is 2.42. The molecule has 294 valence electrons. The summed E-state index contributed by atoms with van der Waals surface area (Å²) in [6.07, 6.45) is 3.12. The van der Waals surface area contributed by atoms with Gasteiger partial charge in [0.1, 0.15) is 28.6 Å². The first kappa shape index (κ1) is 43.0. The number of phenols is 3. The summed E-state index contributed by atoms with van der Waals surface area (Å²) in [4.78, 5) is 33.9. The Balaban J connectivity index is 0.000000195. The van der Waals surface area contributed by atoms with Gasteiger partial charge in [-0.1, -0.05) is 57.2 Å². The molecule has 4 aromatic carbocycles. The van der Waals surface area contributed by atoms with Crippen LogP contribution in [0.5, 0.6) is 17.2 Å². The van der Waals surface area contributed by atoms with Crippen LogP contribution in [0.15, 0.2) is 105 Å². The van der Waals surface area contributed by atoms with Crippen LogP contribution in [0.2, 0.25) is 0 Å². The van der Waals surface area contributed by atoms with Crippen molar-refractivity contribution in [2.45, 2.75) is 44.9 Å². The van der Waals surface area contributed by atoms with Gasteiger partial charge in [0.05, 0.1) is 22.3 Å². The number of aromatic hydroxyl groups is 3. The first-order chi connectivity index (χ1) is 26.2. The van der Waals surface area contributed by atoms with Gasteiger partial charge in [0.15, 0.2) is 5.43 Å². The third kappa shape index (κ3) is 10.7. The lowest BCUT2D eigenvalue weighted by Crippen LogP contribution is -2.08. The maximum absolute atomic E-state index is 12.3. The summed E-state index contributed by atoms with van der Waals surface area (Å²) in [5.74, 6) is -0.702. The predicted molar refractivity (Wildman–Crippen MR) is 211 cm³/mol. The van der Waals surface area contributed by atoms with Gasteiger partial charge in [0, 0.05) is 51.0 Å². The Bertz CT molecular complexity index is 2660. The molecule has 56 heavy (non-hydrogen) atoms. The molecule has 16 heteroatoms. The molecular formula is C40H37ClO13S2. The zero-order valence-corrected chi connectivity index (χ0v) is 32.8. The maximum Gasteiger partial charge on any atom is 0.346 e. The van der Waals surface area contributed by atoms with E-state index in [0.717, 1.165) is 76.1 Å². The van der Waals surface area contributed by atoms with Gasteiger partial charge in [-0.3, -0.25) is 9.35 Å². The highest BCUT2D eigenvalue weighted by molar-refractivity contribution is 8.13. The molecule has 4 N–H and O–H groups in total. The molecule has 0 atom stereocenters. The summed E-state index contributed by atoms with van der Waals surface area (Å²) in [5.41, 5.74) is 5.93. The van der Waals surface area contributed by atoms with E-state index in [1.165, 1.54) is 6.07 Å². The number of aryl methyl sites for hydroxylation is 3. The zero-order chi connectivity index (χ0) is 41.5. The maximum atomic E-state index is 12.3. The molecule has 0 unspecified atom stereocenters. The van der Waals surface area contributed by atoms with Crippen molar-refractivity contribution in [3.8, 4) is 39.7 Å². The highest BCUT2D eigenvalue weighted by Gasteiger charge is 2.31. The van der Waals surface area contributed by atoms with E-state index in [1.807, 2.05) is 51.1 Å². The quantitative estimate of drug-likeness (QED) is 0.0436. The second-order valence-electron chi connectivity index (χ2n) is 12.2. The van der Waals surface area contributed by atoms with Gasteiger partial charge in [-0.2, -0.15) is 8.42 Å². The van der Waals surface area contributed by atoms with E-state index in [4.69, 9.17) is 19.2 Å². The summed E-state index contributed by atoms with van der Waals surface area (Å²) in [5, 5.41) is 29.2. The fourth-order valence-electron chi connectivity index (χ4n) is 5.59. The minimum absolute atomic E-state index is 0.00704. The number of carbonyl (C=O) groups excluding carboxylic acids is 2. The van der Waals surface area contributed by atoms with Crippen molar-refractivity contribution >= 4 is 52.8 Å². The second kappa shape index (κ2) is 17.8. The van der Waals surface area contributed by atoms with Crippen molar-refractivity contribution in [3.63, 3.8) is 0 Å². The Morgan fingerprint density at radius 1 is 0.643 bits per heavy atom. The van der Waals surface area contributed by atoms with E-state index in [1.54, 1.807) is 24.3 Å². The van der Waals surface area contributed by atoms with Crippen molar-refractivity contribution < 1.29 is 55.5 Å². The van der Waals surface area contributed by atoms with Crippen molar-refractivity contribution in [1.82, 2.24) is 0 Å². The van der Waals surface area contributed by atoms with Gasteiger partial charge in [-0.15, -0.1) is 0 Å². The number of hydrogen-bond donors (Lipinski definition) is 4. The SMILES string of the molecule is CCc1cc2c(-c3ccccc3)c3cc(CC)c(=O)cc-3oc2cc1O.CCc1ccc(O)cc1O.CS(=O)(=O)Cl.O=C1OC(=O)c2cc(S(=O)(=O)O)ccc21. The van der Waals surface area contributed by atoms with Crippen LogP contribution in [0.1, 0.15) is 58.2 Å². The second-order valence-corrected chi connectivity index (χ2v) is 16.7. The fourth-order valence-corrected chi connectivity index (χ4v) is 6.10. The molecular weight excluding hydrogens is 788 g/mol. The average Bonchev–Trinajstić information content (AvgIpc) is 3.42. The average molecular weight is 825 g/mol. The molecule has 13 nitrogen and oxygen atoms in total. The van der Waals surface area contributed by atoms with Crippen LogP contribution in [-0.4, -0.2) is 54.9 Å². The normalized spacial score (nSPS) is 12.0. The van der Waals surface area contributed by atoms with Gasteiger partial charge in [-0.25, -0.2) is 18.0 Å². The van der Waals surface area contributed by atoms with Crippen LogP contribution in [-0.2, 0) is 43.2 Å². The van der Waals surface area contributed by atoms with E-state index in [2.05, 4.69) is 27.6 Å². The van der Waals surface area contributed by atoms with Crippen LogP contribution in [0.3, 0.4) is 0 Å². The molecule has 0 amide bonds. The van der Waals surface area contributed by atoms with E-state index >= 15 is 0 Å². The van der Waals surface area contributed by atoms with Crippen LogP contribution in [0.25, 0.3) is 33.4 Å². The number of rotatable bonds is 5. The molecule has 0 radical (unpaired) electrons. The predicted octanol–water partition coefficient (Wildman–Crippen LogP) is 7.48. The molecule has 2 heterocycles. The number of carbonyl (C=O) groups is 2. The van der Waals surface area contributed by atoms with Crippen LogP contribution < -0.4 is 5.43 Å². The number of phenolic OH excluding ortho intramolecular Hbond substituents is 3. The lowest BCUT2D eigenvalue weighted by Gasteiger charge is -2.17. The number of benzene rings is 5. The van der Waals surface area contributed by atoms with E-state index in [-0.39, 0.29) is 33.8 Å². The molecule has 0 saturated carbocycles. The Morgan fingerprint density at radius 2 is 1.23 bits per heavy atom. The zero-order valence-electron chi connectivity index (χ0n) is 30.4. The minimum Gasteiger partial charge on any atom is -0.508 e.